The summed E-state index contributed by atoms with van der Waals surface area (Å²) in [6, 6.07) is 7.35. The zero-order valence-electron chi connectivity index (χ0n) is 9.16. The lowest BCUT2D eigenvalue weighted by molar-refractivity contribution is 0.0697. The van der Waals surface area contributed by atoms with Crippen LogP contribution in [0.4, 0.5) is 0 Å². The zero-order valence-corrected chi connectivity index (χ0v) is 9.16. The second-order valence-electron chi connectivity index (χ2n) is 4.69. The van der Waals surface area contributed by atoms with Crippen molar-refractivity contribution in [2.45, 2.75) is 32.1 Å². The highest BCUT2D eigenvalue weighted by molar-refractivity contribution is 5.87. The minimum Gasteiger partial charge on any atom is -0.478 e. The summed E-state index contributed by atoms with van der Waals surface area (Å²) >= 11 is 0. The molecule has 2 nitrogen and oxygen atoms in total. The average Bonchev–Trinajstić information content (AvgIpc) is 2.98. The molecule has 1 aliphatic rings. The molecule has 80 valence electrons. The Labute approximate surface area is 89.9 Å². The molecule has 1 N–H and O–H groups in total. The lowest BCUT2D eigenvalue weighted by atomic mass is 9.85. The van der Waals surface area contributed by atoms with Gasteiger partial charge in [-0.05, 0) is 41.9 Å². The number of aromatic carboxylic acids is 1. The van der Waals surface area contributed by atoms with Gasteiger partial charge >= 0.3 is 5.97 Å². The molecule has 0 atom stereocenters. The van der Waals surface area contributed by atoms with Gasteiger partial charge in [-0.3, -0.25) is 0 Å². The Morgan fingerprint density at radius 1 is 1.27 bits per heavy atom. The van der Waals surface area contributed by atoms with Crippen LogP contribution in [0.3, 0.4) is 0 Å². The van der Waals surface area contributed by atoms with Gasteiger partial charge in [-0.15, -0.1) is 0 Å². The molecule has 0 heterocycles. The van der Waals surface area contributed by atoms with Crippen LogP contribution < -0.4 is 0 Å². The van der Waals surface area contributed by atoms with E-state index in [2.05, 4.69) is 13.8 Å². The Morgan fingerprint density at radius 3 is 2.13 bits per heavy atom. The third kappa shape index (κ3) is 1.65. The van der Waals surface area contributed by atoms with Crippen molar-refractivity contribution >= 4 is 5.97 Å². The summed E-state index contributed by atoms with van der Waals surface area (Å²) in [4.78, 5) is 10.7. The quantitative estimate of drug-likeness (QED) is 0.821. The first-order valence-corrected chi connectivity index (χ1v) is 5.40. The molecule has 1 saturated carbocycles. The van der Waals surface area contributed by atoms with Crippen molar-refractivity contribution in [1.82, 2.24) is 0 Å². The predicted octanol–water partition coefficient (Wildman–Crippen LogP) is 3.07. The summed E-state index contributed by atoms with van der Waals surface area (Å²) < 4.78 is 0. The van der Waals surface area contributed by atoms with Crippen LogP contribution in [0.25, 0.3) is 0 Å². The number of hydrogen-bond donors (Lipinski definition) is 1. The van der Waals surface area contributed by atoms with Crippen LogP contribution in [0.1, 0.15) is 42.6 Å². The summed E-state index contributed by atoms with van der Waals surface area (Å²) in [6.45, 7) is 4.47. The summed E-state index contributed by atoms with van der Waals surface area (Å²) in [5.74, 6) is -0.218. The maximum atomic E-state index is 10.7. The Hall–Kier alpha value is -1.31. The van der Waals surface area contributed by atoms with Crippen molar-refractivity contribution < 1.29 is 9.90 Å². The molecule has 1 aromatic carbocycles. The van der Waals surface area contributed by atoms with Crippen LogP contribution in [0.5, 0.6) is 0 Å². The highest BCUT2D eigenvalue weighted by Gasteiger charge is 2.46. The molecular formula is C13H16O2. The molecule has 0 unspecified atom stereocenters. The number of carbonyl (C=O) groups is 1. The Kier molecular flexibility index (Phi) is 2.29. The maximum absolute atomic E-state index is 10.7. The van der Waals surface area contributed by atoms with Gasteiger partial charge in [0.1, 0.15) is 0 Å². The molecule has 0 saturated heterocycles. The highest BCUT2D eigenvalue weighted by atomic mass is 16.4. The standard InChI is InChI=1S/C13H16O2/c1-9(2)13(7-8-13)11-5-3-10(4-6-11)12(14)15/h3-6,9H,7-8H2,1-2H3,(H,14,15). The minimum absolute atomic E-state index is 0.330. The van der Waals surface area contributed by atoms with Crippen molar-refractivity contribution in [2.75, 3.05) is 0 Å². The van der Waals surface area contributed by atoms with E-state index in [0.29, 0.717) is 16.9 Å². The molecule has 0 aliphatic heterocycles. The van der Waals surface area contributed by atoms with Crippen molar-refractivity contribution in [3.8, 4) is 0 Å². The predicted molar refractivity (Wildman–Crippen MR) is 59.2 cm³/mol. The normalized spacial score (nSPS) is 17.8. The summed E-state index contributed by atoms with van der Waals surface area (Å²) in [7, 11) is 0. The fourth-order valence-electron chi connectivity index (χ4n) is 2.28. The fourth-order valence-corrected chi connectivity index (χ4v) is 2.28. The molecule has 1 fully saturated rings. The third-order valence-corrected chi connectivity index (χ3v) is 3.60. The molecule has 2 heteroatoms. The van der Waals surface area contributed by atoms with E-state index in [0.717, 1.165) is 0 Å². The van der Waals surface area contributed by atoms with E-state index in [1.165, 1.54) is 18.4 Å². The van der Waals surface area contributed by atoms with Gasteiger partial charge in [0.2, 0.25) is 0 Å². The second kappa shape index (κ2) is 3.37. The van der Waals surface area contributed by atoms with Crippen molar-refractivity contribution in [2.24, 2.45) is 5.92 Å². The van der Waals surface area contributed by atoms with E-state index >= 15 is 0 Å². The van der Waals surface area contributed by atoms with E-state index in [-0.39, 0.29) is 0 Å². The molecule has 15 heavy (non-hydrogen) atoms. The Balaban J connectivity index is 2.28. The maximum Gasteiger partial charge on any atom is 0.335 e. The smallest absolute Gasteiger partial charge is 0.335 e. The third-order valence-electron chi connectivity index (χ3n) is 3.60. The summed E-state index contributed by atoms with van der Waals surface area (Å²) in [5, 5.41) is 8.80. The second-order valence-corrected chi connectivity index (χ2v) is 4.69. The molecule has 2 rings (SSSR count). The number of carboxylic acids is 1. The summed E-state index contributed by atoms with van der Waals surface area (Å²) in [5.41, 5.74) is 2.00. The lowest BCUT2D eigenvalue weighted by Gasteiger charge is -2.20. The minimum atomic E-state index is -0.851. The molecular weight excluding hydrogens is 188 g/mol. The number of rotatable bonds is 3. The first kappa shape index (κ1) is 10.2. The first-order chi connectivity index (χ1) is 7.06. The van der Waals surface area contributed by atoms with Crippen LogP contribution in [-0.2, 0) is 5.41 Å². The van der Waals surface area contributed by atoms with E-state index in [1.807, 2.05) is 12.1 Å². The summed E-state index contributed by atoms with van der Waals surface area (Å²) in [6.07, 6.45) is 2.47. The van der Waals surface area contributed by atoms with E-state index < -0.39 is 5.97 Å². The highest BCUT2D eigenvalue weighted by Crippen LogP contribution is 2.53. The molecule has 1 aliphatic carbocycles. The number of benzene rings is 1. The van der Waals surface area contributed by atoms with Crippen LogP contribution >= 0.6 is 0 Å². The van der Waals surface area contributed by atoms with Crippen LogP contribution in [0, 0.1) is 5.92 Å². The largest absolute Gasteiger partial charge is 0.478 e. The van der Waals surface area contributed by atoms with E-state index in [9.17, 15) is 4.79 Å². The topological polar surface area (TPSA) is 37.3 Å². The van der Waals surface area contributed by atoms with Gasteiger partial charge in [0.25, 0.3) is 0 Å². The SMILES string of the molecule is CC(C)C1(c2ccc(C(=O)O)cc2)CC1. The zero-order chi connectivity index (χ0) is 11.1. The van der Waals surface area contributed by atoms with E-state index in [1.54, 1.807) is 12.1 Å². The average molecular weight is 204 g/mol. The lowest BCUT2D eigenvalue weighted by Crippen LogP contribution is -2.14. The first-order valence-electron chi connectivity index (χ1n) is 5.40. The molecule has 0 amide bonds. The van der Waals surface area contributed by atoms with Crippen molar-refractivity contribution in [3.05, 3.63) is 35.4 Å². The van der Waals surface area contributed by atoms with Crippen molar-refractivity contribution in [1.29, 1.82) is 0 Å². The van der Waals surface area contributed by atoms with Crippen LogP contribution in [0.15, 0.2) is 24.3 Å². The molecule has 1 aromatic rings. The molecule has 0 spiro atoms. The molecule has 0 bridgehead atoms. The van der Waals surface area contributed by atoms with Crippen LogP contribution in [-0.4, -0.2) is 11.1 Å². The van der Waals surface area contributed by atoms with Crippen molar-refractivity contribution in [3.63, 3.8) is 0 Å². The monoisotopic (exact) mass is 204 g/mol. The van der Waals surface area contributed by atoms with Gasteiger partial charge in [-0.25, -0.2) is 4.79 Å². The fraction of sp³-hybridized carbons (Fsp3) is 0.462. The molecule has 0 aromatic heterocycles. The van der Waals surface area contributed by atoms with Crippen LogP contribution in [0.2, 0.25) is 0 Å². The van der Waals surface area contributed by atoms with E-state index in [4.69, 9.17) is 5.11 Å². The van der Waals surface area contributed by atoms with Gasteiger partial charge in [-0.1, -0.05) is 26.0 Å². The number of hydrogen-bond acceptors (Lipinski definition) is 1. The Bertz CT molecular complexity index is 372. The van der Waals surface area contributed by atoms with Gasteiger partial charge in [0.15, 0.2) is 0 Å². The molecule has 0 radical (unpaired) electrons. The van der Waals surface area contributed by atoms with Gasteiger partial charge in [-0.2, -0.15) is 0 Å². The Morgan fingerprint density at radius 2 is 1.80 bits per heavy atom. The van der Waals surface area contributed by atoms with Gasteiger partial charge < -0.3 is 5.11 Å². The van der Waals surface area contributed by atoms with Gasteiger partial charge in [0, 0.05) is 0 Å². The number of carboxylic acid groups (broad SMARTS) is 1. The van der Waals surface area contributed by atoms with Gasteiger partial charge in [0.05, 0.1) is 5.56 Å².